The number of aromatic nitrogens is 2. The molecular formula is C8H8N4O2S. The zero-order chi connectivity index (χ0) is 10.7. The summed E-state index contributed by atoms with van der Waals surface area (Å²) in [6, 6.07) is 1.66. The summed E-state index contributed by atoms with van der Waals surface area (Å²) in [5.41, 5.74) is 2.46. The van der Waals surface area contributed by atoms with E-state index < -0.39 is 11.7 Å². The lowest BCUT2D eigenvalue weighted by molar-refractivity contribution is -0.137. The first-order chi connectivity index (χ1) is 7.27. The molecular weight excluding hydrogens is 216 g/mol. The Bertz CT molecular complexity index is 383. The van der Waals surface area contributed by atoms with E-state index in [9.17, 15) is 9.59 Å². The number of anilines is 1. The number of hydrazine groups is 1. The molecule has 0 radical (unpaired) electrons. The molecule has 1 fully saturated rings. The van der Waals surface area contributed by atoms with Crippen LogP contribution in [0.25, 0.3) is 0 Å². The van der Waals surface area contributed by atoms with Gasteiger partial charge in [0.2, 0.25) is 5.78 Å². The van der Waals surface area contributed by atoms with Gasteiger partial charge in [-0.2, -0.15) is 0 Å². The Labute approximate surface area is 90.2 Å². The summed E-state index contributed by atoms with van der Waals surface area (Å²) in [5, 5.41) is 0. The highest BCUT2D eigenvalue weighted by molar-refractivity contribution is 8.00. The van der Waals surface area contributed by atoms with Crippen molar-refractivity contribution in [1.29, 1.82) is 0 Å². The molecule has 15 heavy (non-hydrogen) atoms. The van der Waals surface area contributed by atoms with Crippen LogP contribution in [-0.2, 0) is 9.59 Å². The second-order valence-corrected chi connectivity index (χ2v) is 3.84. The molecule has 1 aliphatic heterocycles. The van der Waals surface area contributed by atoms with Crippen molar-refractivity contribution < 1.29 is 9.59 Å². The summed E-state index contributed by atoms with van der Waals surface area (Å²) in [5.74, 6) is 0.109. The summed E-state index contributed by atoms with van der Waals surface area (Å²) >= 11 is 1.33. The number of carbonyl (C=O) groups excluding carboxylic acids is 2. The van der Waals surface area contributed by atoms with Crippen molar-refractivity contribution in [2.45, 2.75) is 6.42 Å². The van der Waals surface area contributed by atoms with Gasteiger partial charge in [0.15, 0.2) is 5.82 Å². The molecule has 0 spiro atoms. The van der Waals surface area contributed by atoms with Gasteiger partial charge in [-0.25, -0.2) is 19.8 Å². The van der Waals surface area contributed by atoms with E-state index in [-0.39, 0.29) is 6.42 Å². The van der Waals surface area contributed by atoms with Crippen LogP contribution in [0.4, 0.5) is 5.82 Å². The van der Waals surface area contributed by atoms with Crippen molar-refractivity contribution in [1.82, 2.24) is 15.4 Å². The minimum absolute atomic E-state index is 0.248. The molecule has 0 aliphatic carbocycles. The zero-order valence-corrected chi connectivity index (χ0v) is 8.53. The van der Waals surface area contributed by atoms with Gasteiger partial charge in [0.1, 0.15) is 6.33 Å². The summed E-state index contributed by atoms with van der Waals surface area (Å²) < 4.78 is 1.48. The molecule has 6 nitrogen and oxygen atoms in total. The second kappa shape index (κ2) is 4.26. The number of amides is 1. The Balaban J connectivity index is 2.17. The molecule has 0 aromatic carbocycles. The molecule has 0 unspecified atom stereocenters. The Kier molecular flexibility index (Phi) is 2.82. The average Bonchev–Trinajstić information content (AvgIpc) is 2.43. The maximum atomic E-state index is 11.2. The van der Waals surface area contributed by atoms with Crippen molar-refractivity contribution in [3.63, 3.8) is 0 Å². The third-order valence-electron chi connectivity index (χ3n) is 1.78. The van der Waals surface area contributed by atoms with Gasteiger partial charge in [-0.15, -0.1) is 0 Å². The SMILES string of the molecule is O=C1CCSN(c2ccncn2)NC1=O. The van der Waals surface area contributed by atoms with Gasteiger partial charge in [-0.05, 0) is 11.9 Å². The van der Waals surface area contributed by atoms with Gasteiger partial charge in [0, 0.05) is 24.4 Å². The summed E-state index contributed by atoms with van der Waals surface area (Å²) in [7, 11) is 0. The molecule has 0 saturated carbocycles. The van der Waals surface area contributed by atoms with Gasteiger partial charge in [0.05, 0.1) is 0 Å². The van der Waals surface area contributed by atoms with E-state index in [4.69, 9.17) is 0 Å². The number of ketones is 1. The molecule has 78 valence electrons. The van der Waals surface area contributed by atoms with Crippen molar-refractivity contribution in [3.05, 3.63) is 18.6 Å². The first kappa shape index (κ1) is 9.91. The van der Waals surface area contributed by atoms with E-state index in [1.54, 1.807) is 12.3 Å². The highest BCUT2D eigenvalue weighted by atomic mass is 32.2. The van der Waals surface area contributed by atoms with Crippen LogP contribution < -0.4 is 9.84 Å². The predicted molar refractivity (Wildman–Crippen MR) is 54.7 cm³/mol. The lowest BCUT2D eigenvalue weighted by Gasteiger charge is -2.18. The van der Waals surface area contributed by atoms with Crippen LogP contribution in [0.2, 0.25) is 0 Å². The molecule has 1 N–H and O–H groups in total. The van der Waals surface area contributed by atoms with Crippen molar-refractivity contribution in [2.24, 2.45) is 0 Å². The number of carbonyl (C=O) groups is 2. The van der Waals surface area contributed by atoms with E-state index in [1.807, 2.05) is 0 Å². The maximum Gasteiger partial charge on any atom is 0.306 e. The topological polar surface area (TPSA) is 75.2 Å². The van der Waals surface area contributed by atoms with Gasteiger partial charge >= 0.3 is 5.91 Å². The van der Waals surface area contributed by atoms with Crippen molar-refractivity contribution in [2.75, 3.05) is 10.2 Å². The Hall–Kier alpha value is -1.63. The fraction of sp³-hybridized carbons (Fsp3) is 0.250. The lowest BCUT2D eigenvalue weighted by atomic mass is 10.3. The van der Waals surface area contributed by atoms with Crippen LogP contribution in [0.3, 0.4) is 0 Å². The molecule has 1 aliphatic rings. The fourth-order valence-electron chi connectivity index (χ4n) is 1.06. The van der Waals surface area contributed by atoms with E-state index in [1.165, 1.54) is 22.7 Å². The smallest absolute Gasteiger partial charge is 0.289 e. The predicted octanol–water partition coefficient (Wildman–Crippen LogP) is -0.0648. The lowest BCUT2D eigenvalue weighted by Crippen LogP contribution is -2.39. The molecule has 7 heteroatoms. The molecule has 1 saturated heterocycles. The van der Waals surface area contributed by atoms with E-state index >= 15 is 0 Å². The highest BCUT2D eigenvalue weighted by Gasteiger charge is 2.22. The molecule has 0 atom stereocenters. The number of nitrogens with one attached hydrogen (secondary N) is 1. The third kappa shape index (κ3) is 2.24. The Morgan fingerprint density at radius 2 is 2.33 bits per heavy atom. The Morgan fingerprint density at radius 3 is 3.07 bits per heavy atom. The number of hydrogen-bond acceptors (Lipinski definition) is 6. The van der Waals surface area contributed by atoms with Crippen LogP contribution in [0.1, 0.15) is 6.42 Å². The molecule has 1 aromatic rings. The number of nitrogens with zero attached hydrogens (tertiary/aromatic N) is 3. The zero-order valence-electron chi connectivity index (χ0n) is 7.71. The van der Waals surface area contributed by atoms with Gasteiger partial charge in [-0.3, -0.25) is 9.59 Å². The summed E-state index contributed by atoms with van der Waals surface area (Å²) in [6.07, 6.45) is 3.20. The monoisotopic (exact) mass is 224 g/mol. The first-order valence-corrected chi connectivity index (χ1v) is 5.24. The van der Waals surface area contributed by atoms with Crippen molar-refractivity contribution >= 4 is 29.5 Å². The quantitative estimate of drug-likeness (QED) is 0.532. The van der Waals surface area contributed by atoms with Gasteiger partial charge in [-0.1, -0.05) is 0 Å². The summed E-state index contributed by atoms with van der Waals surface area (Å²) in [4.78, 5) is 30.1. The number of rotatable bonds is 1. The normalized spacial score (nSPS) is 17.2. The van der Waals surface area contributed by atoms with Crippen LogP contribution in [-0.4, -0.2) is 27.4 Å². The van der Waals surface area contributed by atoms with Crippen LogP contribution in [0.15, 0.2) is 18.6 Å². The summed E-state index contributed by atoms with van der Waals surface area (Å²) in [6.45, 7) is 0. The largest absolute Gasteiger partial charge is 0.306 e. The van der Waals surface area contributed by atoms with Crippen molar-refractivity contribution in [3.8, 4) is 0 Å². The number of hydrogen-bond donors (Lipinski definition) is 1. The molecule has 0 bridgehead atoms. The average molecular weight is 224 g/mol. The van der Waals surface area contributed by atoms with Crippen LogP contribution >= 0.6 is 11.9 Å². The molecule has 2 heterocycles. The Morgan fingerprint density at radius 1 is 1.47 bits per heavy atom. The van der Waals surface area contributed by atoms with Crippen LogP contribution in [0, 0.1) is 0 Å². The highest BCUT2D eigenvalue weighted by Crippen LogP contribution is 2.19. The van der Waals surface area contributed by atoms with E-state index in [0.717, 1.165) is 0 Å². The van der Waals surface area contributed by atoms with E-state index in [0.29, 0.717) is 11.6 Å². The molecule has 2 rings (SSSR count). The second-order valence-electron chi connectivity index (χ2n) is 2.81. The standard InChI is InChI=1S/C8H8N4O2S/c13-6-2-4-15-12(11-8(6)14)7-1-3-9-5-10-7/h1,3,5H,2,4H2,(H,11,14). The fourth-order valence-corrected chi connectivity index (χ4v) is 1.90. The molecule has 1 amide bonds. The maximum absolute atomic E-state index is 11.2. The third-order valence-corrected chi connectivity index (χ3v) is 2.70. The minimum atomic E-state index is -0.599. The van der Waals surface area contributed by atoms with E-state index in [2.05, 4.69) is 15.4 Å². The first-order valence-electron chi connectivity index (χ1n) is 4.30. The van der Waals surface area contributed by atoms with Gasteiger partial charge < -0.3 is 0 Å². The van der Waals surface area contributed by atoms with Gasteiger partial charge in [0.25, 0.3) is 0 Å². The van der Waals surface area contributed by atoms with Crippen LogP contribution in [0.5, 0.6) is 0 Å². The molecule has 1 aromatic heterocycles. The minimum Gasteiger partial charge on any atom is -0.289 e. The number of Topliss-reactive ketones (excluding diaryl/α,β-unsaturated/α-hetero) is 1.